The van der Waals surface area contributed by atoms with Crippen molar-refractivity contribution in [1.82, 2.24) is 0 Å². The van der Waals surface area contributed by atoms with Crippen molar-refractivity contribution < 1.29 is 22.1 Å². The number of ether oxygens (including phenoxy) is 1. The Morgan fingerprint density at radius 2 is 2.19 bits per heavy atom. The summed E-state index contributed by atoms with van der Waals surface area (Å²) in [6.45, 7) is 4.09. The van der Waals surface area contributed by atoms with Gasteiger partial charge in [0.05, 0.1) is 24.7 Å². The van der Waals surface area contributed by atoms with Crippen LogP contribution in [0, 0.1) is 35.0 Å². The maximum atomic E-state index is 12.4. The number of carbonyl (C=O) groups is 1. The average molecular weight is 313 g/mol. The molecular weight excluding hydrogens is 294 g/mol. The third kappa shape index (κ3) is 1.60. The molecule has 0 aromatic rings. The molecule has 1 saturated heterocycles. The molecule has 2 aliphatic carbocycles. The fourth-order valence-corrected chi connectivity index (χ4v) is 6.78. The number of nitrogens with zero attached hydrogens (tertiary/aromatic N) is 1. The Labute approximate surface area is 124 Å². The summed E-state index contributed by atoms with van der Waals surface area (Å²) in [7, 11) is -3.96. The minimum Gasteiger partial charge on any atom is -0.465 e. The van der Waals surface area contributed by atoms with Crippen molar-refractivity contribution in [3.63, 3.8) is 0 Å². The van der Waals surface area contributed by atoms with E-state index < -0.39 is 32.8 Å². The highest BCUT2D eigenvalue weighted by Gasteiger charge is 2.78. The summed E-state index contributed by atoms with van der Waals surface area (Å²) in [4.78, 5) is 12.3. The van der Waals surface area contributed by atoms with Gasteiger partial charge in [0.15, 0.2) is 4.75 Å². The molecule has 0 radical (unpaired) electrons. The minimum atomic E-state index is -3.96. The van der Waals surface area contributed by atoms with E-state index >= 15 is 0 Å². The number of nitriles is 1. The first-order chi connectivity index (χ1) is 9.94. The van der Waals surface area contributed by atoms with E-state index in [1.165, 1.54) is 0 Å². The standard InChI is InChI=1S/C14H19NO5S/c1-3-5-19-13(16)11-8-6-10-12(11)20-21(17,18)14(10,7-15)9(8)4-2/h8-12H,3-6H2,1-2H3. The summed E-state index contributed by atoms with van der Waals surface area (Å²) in [5, 5.41) is 9.54. The van der Waals surface area contributed by atoms with E-state index in [4.69, 9.17) is 8.92 Å². The Morgan fingerprint density at radius 1 is 1.48 bits per heavy atom. The van der Waals surface area contributed by atoms with Crippen molar-refractivity contribution in [1.29, 1.82) is 5.26 Å². The van der Waals surface area contributed by atoms with Crippen molar-refractivity contribution >= 4 is 16.1 Å². The molecule has 6 nitrogen and oxygen atoms in total. The lowest BCUT2D eigenvalue weighted by Crippen LogP contribution is -2.49. The van der Waals surface area contributed by atoms with E-state index in [-0.39, 0.29) is 17.8 Å². The number of hydrogen-bond donors (Lipinski definition) is 0. The van der Waals surface area contributed by atoms with Gasteiger partial charge >= 0.3 is 5.97 Å². The van der Waals surface area contributed by atoms with Crippen LogP contribution in [0.3, 0.4) is 0 Å². The van der Waals surface area contributed by atoms with Gasteiger partial charge in [-0.1, -0.05) is 20.3 Å². The molecule has 7 heteroatoms. The topological polar surface area (TPSA) is 93.5 Å². The fourth-order valence-electron chi connectivity index (χ4n) is 4.65. The molecule has 0 amide bonds. The monoisotopic (exact) mass is 313 g/mol. The Balaban J connectivity index is 2.00. The molecule has 0 spiro atoms. The Kier molecular flexibility index (Phi) is 3.30. The van der Waals surface area contributed by atoms with Crippen molar-refractivity contribution in [2.24, 2.45) is 23.7 Å². The summed E-state index contributed by atoms with van der Waals surface area (Å²) in [6, 6.07) is 2.03. The fraction of sp³-hybridized carbons (Fsp3) is 0.857. The predicted octanol–water partition coefficient (Wildman–Crippen LogP) is 1.22. The van der Waals surface area contributed by atoms with Gasteiger partial charge in [0.1, 0.15) is 0 Å². The summed E-state index contributed by atoms with van der Waals surface area (Å²) < 4.78 is 33.7. The lowest BCUT2D eigenvalue weighted by atomic mass is 9.71. The number of fused-ring (bicyclic) bond motifs is 1. The second-order valence-electron chi connectivity index (χ2n) is 6.13. The van der Waals surface area contributed by atoms with Crippen LogP contribution in [0.25, 0.3) is 0 Å². The van der Waals surface area contributed by atoms with Gasteiger partial charge in [0.25, 0.3) is 10.1 Å². The lowest BCUT2D eigenvalue weighted by molar-refractivity contribution is -0.154. The molecule has 6 atom stereocenters. The zero-order chi connectivity index (χ0) is 15.4. The first kappa shape index (κ1) is 14.8. The van der Waals surface area contributed by atoms with Crippen LogP contribution in [-0.4, -0.2) is 31.8 Å². The van der Waals surface area contributed by atoms with Crippen LogP contribution in [0.15, 0.2) is 0 Å². The zero-order valence-corrected chi connectivity index (χ0v) is 12.9. The van der Waals surface area contributed by atoms with Crippen LogP contribution in [0.2, 0.25) is 0 Å². The normalized spacial score (nSPS) is 45.5. The van der Waals surface area contributed by atoms with Crippen LogP contribution < -0.4 is 0 Å². The van der Waals surface area contributed by atoms with Crippen LogP contribution in [0.4, 0.5) is 0 Å². The third-order valence-corrected chi connectivity index (χ3v) is 7.34. The molecule has 6 unspecified atom stereocenters. The molecule has 1 aliphatic heterocycles. The summed E-state index contributed by atoms with van der Waals surface area (Å²) >= 11 is 0. The molecule has 3 fully saturated rings. The molecule has 0 N–H and O–H groups in total. The van der Waals surface area contributed by atoms with Crippen molar-refractivity contribution in [3.05, 3.63) is 0 Å². The largest absolute Gasteiger partial charge is 0.465 e. The van der Waals surface area contributed by atoms with Gasteiger partial charge in [0.2, 0.25) is 0 Å². The third-order valence-electron chi connectivity index (χ3n) is 5.34. The molecule has 3 rings (SSSR count). The number of rotatable bonds is 4. The van der Waals surface area contributed by atoms with Crippen LogP contribution in [0.1, 0.15) is 33.1 Å². The highest BCUT2D eigenvalue weighted by molar-refractivity contribution is 7.88. The highest BCUT2D eigenvalue weighted by atomic mass is 32.2. The number of carbonyl (C=O) groups excluding carboxylic acids is 1. The first-order valence-electron chi connectivity index (χ1n) is 7.45. The molecular formula is C14H19NO5S. The van der Waals surface area contributed by atoms with Crippen molar-refractivity contribution in [3.8, 4) is 6.07 Å². The Bertz CT molecular complexity index is 609. The van der Waals surface area contributed by atoms with Gasteiger partial charge in [-0.2, -0.15) is 13.7 Å². The summed E-state index contributed by atoms with van der Waals surface area (Å²) in [5.74, 6) is -1.81. The van der Waals surface area contributed by atoms with Crippen LogP contribution in [-0.2, 0) is 23.8 Å². The summed E-state index contributed by atoms with van der Waals surface area (Å²) in [5.41, 5.74) is 0. The highest BCUT2D eigenvalue weighted by Crippen LogP contribution is 2.66. The Hall–Kier alpha value is -1.13. The molecule has 3 aliphatic rings. The maximum Gasteiger partial charge on any atom is 0.311 e. The first-order valence-corrected chi connectivity index (χ1v) is 8.86. The second-order valence-corrected chi connectivity index (χ2v) is 7.91. The number of esters is 1. The van der Waals surface area contributed by atoms with Gasteiger partial charge in [-0.05, 0) is 24.7 Å². The van der Waals surface area contributed by atoms with Crippen molar-refractivity contribution in [2.75, 3.05) is 6.61 Å². The lowest BCUT2D eigenvalue weighted by Gasteiger charge is -2.34. The molecule has 116 valence electrons. The molecule has 1 heterocycles. The predicted molar refractivity (Wildman–Crippen MR) is 72.3 cm³/mol. The minimum absolute atomic E-state index is 0.133. The Morgan fingerprint density at radius 3 is 2.76 bits per heavy atom. The molecule has 0 aromatic heterocycles. The number of hydrogen-bond acceptors (Lipinski definition) is 6. The van der Waals surface area contributed by atoms with E-state index in [9.17, 15) is 18.5 Å². The molecule has 0 aromatic carbocycles. The van der Waals surface area contributed by atoms with E-state index in [0.29, 0.717) is 19.4 Å². The second kappa shape index (κ2) is 4.68. The quantitative estimate of drug-likeness (QED) is 0.572. The van der Waals surface area contributed by atoms with Crippen LogP contribution >= 0.6 is 0 Å². The molecule has 2 bridgehead atoms. The molecule has 21 heavy (non-hydrogen) atoms. The SMILES string of the molecule is CCCOC(=O)C1C2CC3C1OS(=O)(=O)C3(C#N)C2CC. The smallest absolute Gasteiger partial charge is 0.311 e. The summed E-state index contributed by atoms with van der Waals surface area (Å²) in [6.07, 6.45) is 1.10. The average Bonchev–Trinajstić information content (AvgIpc) is 3.01. The maximum absolute atomic E-state index is 12.4. The van der Waals surface area contributed by atoms with E-state index in [1.807, 2.05) is 19.9 Å². The van der Waals surface area contributed by atoms with Gasteiger partial charge in [-0.3, -0.25) is 8.98 Å². The van der Waals surface area contributed by atoms with Gasteiger partial charge < -0.3 is 4.74 Å². The van der Waals surface area contributed by atoms with Crippen molar-refractivity contribution in [2.45, 2.75) is 44.0 Å². The zero-order valence-electron chi connectivity index (χ0n) is 12.1. The van der Waals surface area contributed by atoms with E-state index in [0.717, 1.165) is 6.42 Å². The van der Waals surface area contributed by atoms with Crippen LogP contribution in [0.5, 0.6) is 0 Å². The van der Waals surface area contributed by atoms with Gasteiger partial charge in [-0.15, -0.1) is 0 Å². The van der Waals surface area contributed by atoms with E-state index in [2.05, 4.69) is 0 Å². The molecule has 2 saturated carbocycles. The van der Waals surface area contributed by atoms with Gasteiger partial charge in [0, 0.05) is 5.92 Å². The van der Waals surface area contributed by atoms with E-state index in [1.54, 1.807) is 0 Å². The van der Waals surface area contributed by atoms with Gasteiger partial charge in [-0.25, -0.2) is 0 Å².